The number of benzene rings is 2. The number of aryl methyl sites for hydroxylation is 1. The SMILES string of the molecule is OB(O)CCCCn1c(-c2ccccc2)nc2ccccc21. The minimum atomic E-state index is -1.21. The molecule has 5 heteroatoms. The Kier molecular flexibility index (Phi) is 4.56. The van der Waals surface area contributed by atoms with E-state index in [9.17, 15) is 0 Å². The molecule has 0 unspecified atom stereocenters. The molecule has 0 amide bonds. The molecule has 4 nitrogen and oxygen atoms in total. The van der Waals surface area contributed by atoms with Gasteiger partial charge in [-0.15, -0.1) is 0 Å². The van der Waals surface area contributed by atoms with Crippen molar-refractivity contribution >= 4 is 18.2 Å². The minimum absolute atomic E-state index is 0.410. The molecule has 3 aromatic rings. The van der Waals surface area contributed by atoms with Crippen molar-refractivity contribution < 1.29 is 10.0 Å². The van der Waals surface area contributed by atoms with Gasteiger partial charge in [0, 0.05) is 12.1 Å². The Hall–Kier alpha value is -2.11. The van der Waals surface area contributed by atoms with Crippen LogP contribution >= 0.6 is 0 Å². The zero-order valence-corrected chi connectivity index (χ0v) is 12.4. The fourth-order valence-electron chi connectivity index (χ4n) is 2.71. The first-order valence-corrected chi connectivity index (χ1v) is 7.62. The Labute approximate surface area is 130 Å². The molecular weight excluding hydrogens is 275 g/mol. The van der Waals surface area contributed by atoms with Crippen molar-refractivity contribution in [3.63, 3.8) is 0 Å². The van der Waals surface area contributed by atoms with Gasteiger partial charge in [0.15, 0.2) is 0 Å². The second-order valence-corrected chi connectivity index (χ2v) is 5.42. The maximum Gasteiger partial charge on any atom is 0.451 e. The summed E-state index contributed by atoms with van der Waals surface area (Å²) < 4.78 is 2.22. The standard InChI is InChI=1S/C17H19BN2O2/c21-18(22)12-6-7-13-20-16-11-5-4-10-15(16)19-17(20)14-8-2-1-3-9-14/h1-5,8-11,21-22H,6-7,12-13H2. The number of rotatable bonds is 6. The van der Waals surface area contributed by atoms with Gasteiger partial charge in [-0.1, -0.05) is 48.9 Å². The van der Waals surface area contributed by atoms with Crippen LogP contribution < -0.4 is 0 Å². The van der Waals surface area contributed by atoms with Crippen LogP contribution in [0.15, 0.2) is 54.6 Å². The van der Waals surface area contributed by atoms with Gasteiger partial charge in [0.2, 0.25) is 0 Å². The number of nitrogens with zero attached hydrogens (tertiary/aromatic N) is 2. The first-order chi connectivity index (χ1) is 10.8. The van der Waals surface area contributed by atoms with Crippen LogP contribution in [0.3, 0.4) is 0 Å². The van der Waals surface area contributed by atoms with Gasteiger partial charge in [-0.3, -0.25) is 0 Å². The fourth-order valence-corrected chi connectivity index (χ4v) is 2.71. The molecule has 0 radical (unpaired) electrons. The number of para-hydroxylation sites is 2. The Morgan fingerprint density at radius 2 is 1.64 bits per heavy atom. The molecule has 1 aromatic heterocycles. The average molecular weight is 294 g/mol. The largest absolute Gasteiger partial charge is 0.451 e. The summed E-state index contributed by atoms with van der Waals surface area (Å²) in [4.78, 5) is 4.76. The molecule has 0 aliphatic carbocycles. The summed E-state index contributed by atoms with van der Waals surface area (Å²) in [5.41, 5.74) is 3.20. The highest BCUT2D eigenvalue weighted by Gasteiger charge is 2.12. The van der Waals surface area contributed by atoms with E-state index in [0.29, 0.717) is 6.32 Å². The third-order valence-electron chi connectivity index (χ3n) is 3.78. The number of hydrogen-bond acceptors (Lipinski definition) is 3. The third kappa shape index (κ3) is 3.21. The van der Waals surface area contributed by atoms with Gasteiger partial charge in [0.25, 0.3) is 0 Å². The minimum Gasteiger partial charge on any atom is -0.427 e. The van der Waals surface area contributed by atoms with Crippen LogP contribution in [0.2, 0.25) is 6.32 Å². The number of fused-ring (bicyclic) bond motifs is 1. The fraction of sp³-hybridized carbons (Fsp3) is 0.235. The summed E-state index contributed by atoms with van der Waals surface area (Å²) in [6.07, 6.45) is 2.07. The predicted molar refractivity (Wildman–Crippen MR) is 89.4 cm³/mol. The van der Waals surface area contributed by atoms with Gasteiger partial charge in [0.05, 0.1) is 11.0 Å². The zero-order chi connectivity index (χ0) is 15.4. The molecule has 112 valence electrons. The lowest BCUT2D eigenvalue weighted by atomic mass is 9.84. The van der Waals surface area contributed by atoms with Gasteiger partial charge in [-0.05, 0) is 24.9 Å². The second-order valence-electron chi connectivity index (χ2n) is 5.42. The van der Waals surface area contributed by atoms with Crippen molar-refractivity contribution in [3.8, 4) is 11.4 Å². The van der Waals surface area contributed by atoms with Crippen molar-refractivity contribution in [1.82, 2.24) is 9.55 Å². The van der Waals surface area contributed by atoms with Crippen LogP contribution in [0.4, 0.5) is 0 Å². The summed E-state index contributed by atoms with van der Waals surface area (Å²) in [7, 11) is -1.21. The van der Waals surface area contributed by atoms with E-state index in [1.54, 1.807) is 0 Å². The quantitative estimate of drug-likeness (QED) is 0.543. The summed E-state index contributed by atoms with van der Waals surface area (Å²) >= 11 is 0. The van der Waals surface area contributed by atoms with Crippen molar-refractivity contribution in [2.45, 2.75) is 25.7 Å². The summed E-state index contributed by atoms with van der Waals surface area (Å²) in [5.74, 6) is 0.964. The van der Waals surface area contributed by atoms with Crippen molar-refractivity contribution in [3.05, 3.63) is 54.6 Å². The molecule has 22 heavy (non-hydrogen) atoms. The average Bonchev–Trinajstić information content (AvgIpc) is 2.91. The van der Waals surface area contributed by atoms with Crippen LogP contribution in [0, 0.1) is 0 Å². The summed E-state index contributed by atoms with van der Waals surface area (Å²) in [6.45, 7) is 0.817. The maximum absolute atomic E-state index is 8.95. The summed E-state index contributed by atoms with van der Waals surface area (Å²) in [5, 5.41) is 17.9. The molecule has 3 rings (SSSR count). The molecule has 0 saturated carbocycles. The number of unbranched alkanes of at least 4 members (excludes halogenated alkanes) is 1. The van der Waals surface area contributed by atoms with Crippen molar-refractivity contribution in [2.75, 3.05) is 0 Å². The van der Waals surface area contributed by atoms with Crippen molar-refractivity contribution in [1.29, 1.82) is 0 Å². The van der Waals surface area contributed by atoms with Crippen LogP contribution in [-0.2, 0) is 6.54 Å². The van der Waals surface area contributed by atoms with Crippen LogP contribution in [0.1, 0.15) is 12.8 Å². The molecule has 1 heterocycles. The van der Waals surface area contributed by atoms with E-state index < -0.39 is 7.12 Å². The van der Waals surface area contributed by atoms with E-state index in [4.69, 9.17) is 15.0 Å². The molecule has 0 aliphatic rings. The first kappa shape index (κ1) is 14.8. The molecule has 0 spiro atoms. The second kappa shape index (κ2) is 6.77. The Morgan fingerprint density at radius 1 is 0.909 bits per heavy atom. The van der Waals surface area contributed by atoms with Crippen LogP contribution in [-0.4, -0.2) is 26.7 Å². The maximum atomic E-state index is 8.95. The topological polar surface area (TPSA) is 58.3 Å². The number of aromatic nitrogens is 2. The monoisotopic (exact) mass is 294 g/mol. The normalized spacial score (nSPS) is 11.0. The van der Waals surface area contributed by atoms with E-state index in [2.05, 4.69) is 22.8 Å². The van der Waals surface area contributed by atoms with Crippen molar-refractivity contribution in [2.24, 2.45) is 0 Å². The van der Waals surface area contributed by atoms with Gasteiger partial charge in [-0.25, -0.2) is 4.98 Å². The first-order valence-electron chi connectivity index (χ1n) is 7.62. The van der Waals surface area contributed by atoms with Gasteiger partial charge >= 0.3 is 7.12 Å². The number of imidazole rings is 1. The highest BCUT2D eigenvalue weighted by Crippen LogP contribution is 2.25. The molecule has 2 N–H and O–H groups in total. The van der Waals surface area contributed by atoms with Gasteiger partial charge in [0.1, 0.15) is 5.82 Å². The van der Waals surface area contributed by atoms with E-state index in [1.807, 2.05) is 36.4 Å². The van der Waals surface area contributed by atoms with E-state index in [0.717, 1.165) is 41.8 Å². The highest BCUT2D eigenvalue weighted by molar-refractivity contribution is 6.40. The molecule has 0 bridgehead atoms. The molecular formula is C17H19BN2O2. The lowest BCUT2D eigenvalue weighted by Gasteiger charge is -2.09. The molecule has 0 saturated heterocycles. The Morgan fingerprint density at radius 3 is 2.41 bits per heavy atom. The lowest BCUT2D eigenvalue weighted by molar-refractivity contribution is 0.401. The summed E-state index contributed by atoms with van der Waals surface area (Å²) in [6, 6.07) is 18.3. The molecule has 0 atom stereocenters. The van der Waals surface area contributed by atoms with Crippen LogP contribution in [0.25, 0.3) is 22.4 Å². The number of hydrogen-bond donors (Lipinski definition) is 2. The highest BCUT2D eigenvalue weighted by atomic mass is 16.4. The van der Waals surface area contributed by atoms with Gasteiger partial charge in [-0.2, -0.15) is 0 Å². The molecule has 2 aromatic carbocycles. The molecule has 0 fully saturated rings. The smallest absolute Gasteiger partial charge is 0.427 e. The predicted octanol–water partition coefficient (Wildman–Crippen LogP) is 2.96. The lowest BCUT2D eigenvalue weighted by Crippen LogP contribution is -2.10. The van der Waals surface area contributed by atoms with E-state index >= 15 is 0 Å². The van der Waals surface area contributed by atoms with Gasteiger partial charge < -0.3 is 14.6 Å². The zero-order valence-electron chi connectivity index (χ0n) is 12.4. The molecule has 0 aliphatic heterocycles. The Bertz CT molecular complexity index is 741. The Balaban J connectivity index is 1.92. The van der Waals surface area contributed by atoms with E-state index in [-0.39, 0.29) is 0 Å². The third-order valence-corrected chi connectivity index (χ3v) is 3.78. The van der Waals surface area contributed by atoms with E-state index in [1.165, 1.54) is 0 Å². The van der Waals surface area contributed by atoms with Crippen LogP contribution in [0.5, 0.6) is 0 Å².